The molecule has 4 aromatic rings. The van der Waals surface area contributed by atoms with Crippen LogP contribution in [0.1, 0.15) is 22.6 Å². The Hall–Kier alpha value is -3.71. The number of furan rings is 1. The molecule has 0 bridgehead atoms. The second kappa shape index (κ2) is 8.80. The summed E-state index contributed by atoms with van der Waals surface area (Å²) >= 11 is 5.46. The Labute approximate surface area is 192 Å². The normalized spacial score (nSPS) is 12.5. The topological polar surface area (TPSA) is 66.2 Å². The molecule has 6 nitrogen and oxygen atoms in total. The monoisotopic (exact) mass is 441 g/mol. The molecule has 3 heterocycles. The predicted molar refractivity (Wildman–Crippen MR) is 130 cm³/mol. The van der Waals surface area contributed by atoms with E-state index in [1.165, 1.54) is 11.1 Å². The summed E-state index contributed by atoms with van der Waals surface area (Å²) in [6.07, 6.45) is 0. The maximum atomic E-state index is 5.92. The van der Waals surface area contributed by atoms with E-state index in [0.717, 1.165) is 41.7 Å². The lowest BCUT2D eigenvalue weighted by Gasteiger charge is -2.18. The Morgan fingerprint density at radius 3 is 2.44 bits per heavy atom. The highest BCUT2D eigenvalue weighted by atomic mass is 32.1. The lowest BCUT2D eigenvalue weighted by Crippen LogP contribution is -2.29. The van der Waals surface area contributed by atoms with E-state index in [1.54, 1.807) is 0 Å². The van der Waals surface area contributed by atoms with Crippen molar-refractivity contribution in [3.8, 4) is 11.3 Å². The third-order valence-electron chi connectivity index (χ3n) is 5.37. The SMILES string of the molecule is Cc1cc(N2Cc3ccccc3C2)nc(NC(=S)NCc2ccc(-c3ccccc3)o2)n1. The zero-order chi connectivity index (χ0) is 21.9. The first-order chi connectivity index (χ1) is 15.6. The van der Waals surface area contributed by atoms with Crippen LogP contribution >= 0.6 is 12.2 Å². The summed E-state index contributed by atoms with van der Waals surface area (Å²) in [5.41, 5.74) is 4.60. The Kier molecular flexibility index (Phi) is 5.56. The third kappa shape index (κ3) is 4.48. The molecule has 0 aliphatic carbocycles. The average molecular weight is 442 g/mol. The average Bonchev–Trinajstić information content (AvgIpc) is 3.45. The number of rotatable bonds is 5. The van der Waals surface area contributed by atoms with Crippen molar-refractivity contribution >= 4 is 29.1 Å². The molecule has 0 spiro atoms. The number of aromatic nitrogens is 2. The molecule has 0 fully saturated rings. The molecule has 1 aliphatic heterocycles. The van der Waals surface area contributed by atoms with Gasteiger partial charge in [-0.15, -0.1) is 0 Å². The van der Waals surface area contributed by atoms with Crippen molar-refractivity contribution in [2.75, 3.05) is 10.2 Å². The van der Waals surface area contributed by atoms with Gasteiger partial charge < -0.3 is 20.0 Å². The Morgan fingerprint density at radius 2 is 1.69 bits per heavy atom. The fourth-order valence-corrected chi connectivity index (χ4v) is 3.97. The molecule has 7 heteroatoms. The highest BCUT2D eigenvalue weighted by Gasteiger charge is 2.20. The summed E-state index contributed by atoms with van der Waals surface area (Å²) in [4.78, 5) is 11.4. The first kappa shape index (κ1) is 20.2. The van der Waals surface area contributed by atoms with Gasteiger partial charge in [0.05, 0.1) is 6.54 Å². The molecule has 0 saturated heterocycles. The highest BCUT2D eigenvalue weighted by molar-refractivity contribution is 7.80. The lowest BCUT2D eigenvalue weighted by atomic mass is 10.1. The molecular weight excluding hydrogens is 418 g/mol. The quantitative estimate of drug-likeness (QED) is 0.420. The maximum absolute atomic E-state index is 5.92. The number of aryl methyl sites for hydroxylation is 1. The minimum absolute atomic E-state index is 0.448. The number of anilines is 2. The van der Waals surface area contributed by atoms with E-state index < -0.39 is 0 Å². The van der Waals surface area contributed by atoms with Gasteiger partial charge in [0.15, 0.2) is 5.11 Å². The molecule has 0 saturated carbocycles. The summed E-state index contributed by atoms with van der Waals surface area (Å²) < 4.78 is 5.92. The van der Waals surface area contributed by atoms with Gasteiger partial charge in [-0.2, -0.15) is 4.98 Å². The van der Waals surface area contributed by atoms with Crippen LogP contribution in [0.2, 0.25) is 0 Å². The number of thiocarbonyl (C=S) groups is 1. The van der Waals surface area contributed by atoms with E-state index in [2.05, 4.69) is 44.8 Å². The largest absolute Gasteiger partial charge is 0.459 e. The van der Waals surface area contributed by atoms with E-state index in [1.807, 2.05) is 55.5 Å². The van der Waals surface area contributed by atoms with Crippen LogP contribution in [0.3, 0.4) is 0 Å². The molecule has 2 aromatic heterocycles. The molecule has 0 radical (unpaired) electrons. The van der Waals surface area contributed by atoms with Crippen molar-refractivity contribution in [2.45, 2.75) is 26.6 Å². The van der Waals surface area contributed by atoms with Crippen LogP contribution in [0.25, 0.3) is 11.3 Å². The smallest absolute Gasteiger partial charge is 0.231 e. The summed E-state index contributed by atoms with van der Waals surface area (Å²) in [6.45, 7) is 4.12. The Balaban J connectivity index is 1.21. The minimum atomic E-state index is 0.448. The molecule has 0 atom stereocenters. The van der Waals surface area contributed by atoms with Crippen LogP contribution in [0.4, 0.5) is 11.8 Å². The third-order valence-corrected chi connectivity index (χ3v) is 5.62. The maximum Gasteiger partial charge on any atom is 0.231 e. The van der Waals surface area contributed by atoms with Crippen molar-refractivity contribution in [1.29, 1.82) is 0 Å². The van der Waals surface area contributed by atoms with Gasteiger partial charge >= 0.3 is 0 Å². The second-order valence-electron chi connectivity index (χ2n) is 7.76. The van der Waals surface area contributed by atoms with E-state index in [9.17, 15) is 0 Å². The van der Waals surface area contributed by atoms with Gasteiger partial charge in [-0.25, -0.2) is 4.98 Å². The Bertz CT molecular complexity index is 1230. The lowest BCUT2D eigenvalue weighted by molar-refractivity contribution is 0.516. The molecular formula is C25H23N5OS. The molecule has 5 rings (SSSR count). The molecule has 32 heavy (non-hydrogen) atoms. The van der Waals surface area contributed by atoms with Crippen molar-refractivity contribution in [3.05, 3.63) is 95.4 Å². The van der Waals surface area contributed by atoms with Crippen LogP contribution in [0.5, 0.6) is 0 Å². The molecule has 2 N–H and O–H groups in total. The zero-order valence-corrected chi connectivity index (χ0v) is 18.5. The molecule has 160 valence electrons. The molecule has 0 amide bonds. The van der Waals surface area contributed by atoms with Crippen LogP contribution in [-0.4, -0.2) is 15.1 Å². The predicted octanol–water partition coefficient (Wildman–Crippen LogP) is 5.05. The van der Waals surface area contributed by atoms with Crippen LogP contribution in [0.15, 0.2) is 77.2 Å². The fraction of sp³-hybridized carbons (Fsp3) is 0.160. The number of hydrogen-bond acceptors (Lipinski definition) is 5. The van der Waals surface area contributed by atoms with Crippen molar-refractivity contribution in [1.82, 2.24) is 15.3 Å². The first-order valence-electron chi connectivity index (χ1n) is 10.5. The van der Waals surface area contributed by atoms with Crippen molar-refractivity contribution in [2.24, 2.45) is 0 Å². The Morgan fingerprint density at radius 1 is 0.969 bits per heavy atom. The number of fused-ring (bicyclic) bond motifs is 1. The van der Waals surface area contributed by atoms with Gasteiger partial charge in [0.25, 0.3) is 0 Å². The van der Waals surface area contributed by atoms with Gasteiger partial charge in [0, 0.05) is 30.4 Å². The summed E-state index contributed by atoms with van der Waals surface area (Å²) in [5.74, 6) is 3.00. The minimum Gasteiger partial charge on any atom is -0.459 e. The second-order valence-corrected chi connectivity index (χ2v) is 8.16. The van der Waals surface area contributed by atoms with E-state index in [0.29, 0.717) is 17.6 Å². The fourth-order valence-electron chi connectivity index (χ4n) is 3.81. The first-order valence-corrected chi connectivity index (χ1v) is 10.9. The molecule has 1 aliphatic rings. The van der Waals surface area contributed by atoms with Gasteiger partial charge in [-0.1, -0.05) is 54.6 Å². The summed E-state index contributed by atoms with van der Waals surface area (Å²) in [6, 6.07) is 24.4. The van der Waals surface area contributed by atoms with Crippen molar-refractivity contribution in [3.63, 3.8) is 0 Å². The summed E-state index contributed by atoms with van der Waals surface area (Å²) in [5, 5.41) is 6.72. The van der Waals surface area contributed by atoms with Gasteiger partial charge in [0.2, 0.25) is 5.95 Å². The number of hydrogen-bond donors (Lipinski definition) is 2. The van der Waals surface area contributed by atoms with Gasteiger partial charge in [0.1, 0.15) is 17.3 Å². The molecule has 2 aromatic carbocycles. The van der Waals surface area contributed by atoms with Crippen molar-refractivity contribution < 1.29 is 4.42 Å². The molecule has 0 unspecified atom stereocenters. The van der Waals surface area contributed by atoms with Crippen LogP contribution in [0, 0.1) is 6.92 Å². The van der Waals surface area contributed by atoms with Crippen LogP contribution in [-0.2, 0) is 19.6 Å². The van der Waals surface area contributed by atoms with E-state index in [4.69, 9.17) is 21.6 Å². The number of benzene rings is 2. The standard InChI is InChI=1S/C25H23N5OS/c1-17-13-23(30-15-19-9-5-6-10-20(19)16-30)28-24(27-17)29-25(32)26-14-21-11-12-22(31-21)18-7-3-2-4-8-18/h2-13H,14-16H2,1H3,(H2,26,27,28,29,32). The number of nitrogens with one attached hydrogen (secondary N) is 2. The van der Waals surface area contributed by atoms with Gasteiger partial charge in [-0.05, 0) is 42.4 Å². The highest BCUT2D eigenvalue weighted by Crippen LogP contribution is 2.27. The van der Waals surface area contributed by atoms with E-state index >= 15 is 0 Å². The van der Waals surface area contributed by atoms with Crippen LogP contribution < -0.4 is 15.5 Å². The number of nitrogens with zero attached hydrogens (tertiary/aromatic N) is 3. The summed E-state index contributed by atoms with van der Waals surface area (Å²) in [7, 11) is 0. The van der Waals surface area contributed by atoms with E-state index in [-0.39, 0.29) is 0 Å². The van der Waals surface area contributed by atoms with Gasteiger partial charge in [-0.3, -0.25) is 0 Å². The zero-order valence-electron chi connectivity index (χ0n) is 17.7.